The molecule has 6 heteroatoms. The fourth-order valence-corrected chi connectivity index (χ4v) is 7.23. The van der Waals surface area contributed by atoms with E-state index in [0.717, 1.165) is 96.3 Å². The van der Waals surface area contributed by atoms with Crippen LogP contribution in [0.5, 0.6) is 0 Å². The fourth-order valence-electron chi connectivity index (χ4n) is 7.23. The van der Waals surface area contributed by atoms with Crippen LogP contribution in [0.25, 0.3) is 0 Å². The van der Waals surface area contributed by atoms with Crippen LogP contribution in [0.1, 0.15) is 245 Å². The lowest BCUT2D eigenvalue weighted by atomic mass is 10.1. The van der Waals surface area contributed by atoms with Gasteiger partial charge in [0.25, 0.3) is 0 Å². The van der Waals surface area contributed by atoms with E-state index < -0.39 is 6.10 Å². The molecule has 1 unspecified atom stereocenters. The maximum absolute atomic E-state index is 12.8. The monoisotopic (exact) mass is 917 g/mol. The largest absolute Gasteiger partial charge is 0.462 e. The summed E-state index contributed by atoms with van der Waals surface area (Å²) in [7, 11) is 0. The smallest absolute Gasteiger partial charge is 0.306 e. The van der Waals surface area contributed by atoms with E-state index in [4.69, 9.17) is 14.2 Å². The third-order valence-corrected chi connectivity index (χ3v) is 11.3. The Bertz CT molecular complexity index is 1330. The van der Waals surface area contributed by atoms with E-state index >= 15 is 0 Å². The van der Waals surface area contributed by atoms with E-state index in [1.54, 1.807) is 0 Å². The minimum Gasteiger partial charge on any atom is -0.462 e. The van der Waals surface area contributed by atoms with Gasteiger partial charge in [-0.1, -0.05) is 214 Å². The van der Waals surface area contributed by atoms with E-state index in [-0.39, 0.29) is 37.5 Å². The van der Waals surface area contributed by atoms with Crippen LogP contribution >= 0.6 is 0 Å². The zero-order valence-electron chi connectivity index (χ0n) is 42.9. The van der Waals surface area contributed by atoms with Gasteiger partial charge in [0.1, 0.15) is 13.2 Å². The number of carbonyl (C=O) groups is 3. The van der Waals surface area contributed by atoms with Crippen molar-refractivity contribution in [2.24, 2.45) is 0 Å². The first-order valence-electron chi connectivity index (χ1n) is 27.3. The Morgan fingerprint density at radius 2 is 0.652 bits per heavy atom. The van der Waals surface area contributed by atoms with E-state index in [9.17, 15) is 14.4 Å². The molecule has 0 rings (SSSR count). The van der Waals surface area contributed by atoms with Crippen LogP contribution in [0.3, 0.4) is 0 Å². The lowest BCUT2D eigenvalue weighted by Gasteiger charge is -2.18. The lowest BCUT2D eigenvalue weighted by Crippen LogP contribution is -2.30. The number of ether oxygens (including phenoxy) is 3. The Morgan fingerprint density at radius 3 is 1.06 bits per heavy atom. The molecule has 0 bridgehead atoms. The summed E-state index contributed by atoms with van der Waals surface area (Å²) in [6, 6.07) is 0. The van der Waals surface area contributed by atoms with Crippen molar-refractivity contribution in [2.75, 3.05) is 13.2 Å². The number of hydrogen-bond acceptors (Lipinski definition) is 6. The van der Waals surface area contributed by atoms with Crippen LogP contribution in [0, 0.1) is 0 Å². The molecule has 66 heavy (non-hydrogen) atoms. The predicted molar refractivity (Wildman–Crippen MR) is 284 cm³/mol. The Labute approximate surface area is 407 Å². The summed E-state index contributed by atoms with van der Waals surface area (Å²) in [4.78, 5) is 38.0. The van der Waals surface area contributed by atoms with Gasteiger partial charge in [-0.2, -0.15) is 0 Å². The molecule has 1 atom stereocenters. The summed E-state index contributed by atoms with van der Waals surface area (Å²) >= 11 is 0. The second-order valence-electron chi connectivity index (χ2n) is 17.8. The fraction of sp³-hybridized carbons (Fsp3) is 0.683. The van der Waals surface area contributed by atoms with Gasteiger partial charge in [0.05, 0.1) is 0 Å². The van der Waals surface area contributed by atoms with Gasteiger partial charge in [0.15, 0.2) is 6.10 Å². The molecular weight excluding hydrogens is 817 g/mol. The molecule has 0 aromatic heterocycles. The molecule has 0 aliphatic rings. The van der Waals surface area contributed by atoms with E-state index in [1.165, 1.54) is 103 Å². The first kappa shape index (κ1) is 62.3. The van der Waals surface area contributed by atoms with E-state index in [0.29, 0.717) is 19.3 Å². The van der Waals surface area contributed by atoms with Crippen molar-refractivity contribution in [1.82, 2.24) is 0 Å². The van der Waals surface area contributed by atoms with Crippen molar-refractivity contribution in [1.29, 1.82) is 0 Å². The van der Waals surface area contributed by atoms with Crippen LogP contribution < -0.4 is 0 Å². The quantitative estimate of drug-likeness (QED) is 0.0199. The number of rotatable bonds is 48. The summed E-state index contributed by atoms with van der Waals surface area (Å²) in [5, 5.41) is 0. The highest BCUT2D eigenvalue weighted by Gasteiger charge is 2.19. The second-order valence-corrected chi connectivity index (χ2v) is 17.8. The average molecular weight is 917 g/mol. The van der Waals surface area contributed by atoms with Crippen molar-refractivity contribution in [3.05, 3.63) is 97.2 Å². The highest BCUT2D eigenvalue weighted by Crippen LogP contribution is 2.14. The van der Waals surface area contributed by atoms with Gasteiger partial charge in [-0.15, -0.1) is 0 Å². The highest BCUT2D eigenvalue weighted by atomic mass is 16.6. The molecular formula is C60H100O6. The Hall–Kier alpha value is -3.67. The first-order chi connectivity index (χ1) is 32.5. The van der Waals surface area contributed by atoms with Gasteiger partial charge < -0.3 is 14.2 Å². The molecule has 0 amide bonds. The van der Waals surface area contributed by atoms with Crippen molar-refractivity contribution in [3.8, 4) is 0 Å². The maximum Gasteiger partial charge on any atom is 0.306 e. The highest BCUT2D eigenvalue weighted by molar-refractivity contribution is 5.71. The van der Waals surface area contributed by atoms with E-state index in [2.05, 4.69) is 118 Å². The molecule has 0 aliphatic carbocycles. The third-order valence-electron chi connectivity index (χ3n) is 11.3. The maximum atomic E-state index is 12.8. The summed E-state index contributed by atoms with van der Waals surface area (Å²) in [5.74, 6) is -0.983. The average Bonchev–Trinajstić information content (AvgIpc) is 3.31. The summed E-state index contributed by atoms with van der Waals surface area (Å²) < 4.78 is 16.8. The Morgan fingerprint density at radius 1 is 0.333 bits per heavy atom. The molecule has 0 saturated carbocycles. The molecule has 0 saturated heterocycles. The summed E-state index contributed by atoms with van der Waals surface area (Å²) in [5.41, 5.74) is 0. The first-order valence-corrected chi connectivity index (χ1v) is 27.3. The SMILES string of the molecule is CC/C=C\C/C=C\CCCCCCCC(=O)OCC(COC(=O)CCCCCCCCCCCC/C=C\C=C/CCCCC)OC(=O)CCC/C=C\C/C=C\C/C=C\C/C=C\CCCCC. The van der Waals surface area contributed by atoms with Gasteiger partial charge in [-0.25, -0.2) is 0 Å². The molecule has 0 radical (unpaired) electrons. The van der Waals surface area contributed by atoms with Gasteiger partial charge in [-0.3, -0.25) is 14.4 Å². The molecule has 0 heterocycles. The Kier molecular flexibility index (Phi) is 50.9. The molecule has 0 spiro atoms. The molecule has 6 nitrogen and oxygen atoms in total. The van der Waals surface area contributed by atoms with Gasteiger partial charge in [-0.05, 0) is 109 Å². The molecule has 0 fully saturated rings. The van der Waals surface area contributed by atoms with Crippen LogP contribution in [-0.2, 0) is 28.6 Å². The van der Waals surface area contributed by atoms with Crippen LogP contribution in [-0.4, -0.2) is 37.2 Å². The third kappa shape index (κ3) is 51.3. The predicted octanol–water partition coefficient (Wildman–Crippen LogP) is 18.1. The van der Waals surface area contributed by atoms with Gasteiger partial charge in [0.2, 0.25) is 0 Å². The van der Waals surface area contributed by atoms with Crippen LogP contribution in [0.4, 0.5) is 0 Å². The number of hydrogen-bond donors (Lipinski definition) is 0. The summed E-state index contributed by atoms with van der Waals surface area (Å²) in [6.07, 6.45) is 71.1. The normalized spacial score (nSPS) is 12.8. The topological polar surface area (TPSA) is 78.9 Å². The van der Waals surface area contributed by atoms with Crippen molar-refractivity contribution >= 4 is 17.9 Å². The van der Waals surface area contributed by atoms with Gasteiger partial charge >= 0.3 is 17.9 Å². The Balaban J connectivity index is 4.46. The summed E-state index contributed by atoms with van der Waals surface area (Å²) in [6.45, 7) is 6.41. The lowest BCUT2D eigenvalue weighted by molar-refractivity contribution is -0.167. The zero-order chi connectivity index (χ0) is 47.9. The van der Waals surface area contributed by atoms with Crippen molar-refractivity contribution < 1.29 is 28.6 Å². The van der Waals surface area contributed by atoms with Gasteiger partial charge in [0, 0.05) is 19.3 Å². The second kappa shape index (κ2) is 53.9. The number of esters is 3. The molecule has 0 aliphatic heterocycles. The number of allylic oxidation sites excluding steroid dienone is 16. The number of carbonyl (C=O) groups excluding carboxylic acids is 3. The van der Waals surface area contributed by atoms with Crippen molar-refractivity contribution in [2.45, 2.75) is 252 Å². The molecule has 0 aromatic carbocycles. The minimum absolute atomic E-state index is 0.106. The standard InChI is InChI=1S/C60H100O6/c1-4-7-10-13-16-19-22-25-27-29-30-32-33-35-38-41-44-47-50-53-59(62)65-56-57(55-64-58(61)52-49-46-43-40-37-24-21-18-15-12-9-6-3)66-60(63)54-51-48-45-42-39-36-34-31-28-26-23-20-17-14-11-8-5-2/h9,12,16-22,25-26,28,34,36,42,45,57H,4-8,10-11,13-15,23-24,27,29-33,35,37-41,43-44,46-56H2,1-3H3/b12-9-,19-16-,20-17-,21-18-,25-22-,28-26-,36-34-,45-42-. The minimum atomic E-state index is -0.814. The van der Waals surface area contributed by atoms with Crippen LogP contribution in [0.15, 0.2) is 97.2 Å². The number of unbranched alkanes of at least 4 members (excludes halogenated alkanes) is 22. The molecule has 0 aromatic rings. The molecule has 376 valence electrons. The zero-order valence-corrected chi connectivity index (χ0v) is 42.9. The van der Waals surface area contributed by atoms with Crippen LogP contribution in [0.2, 0.25) is 0 Å². The van der Waals surface area contributed by atoms with Crippen molar-refractivity contribution in [3.63, 3.8) is 0 Å². The molecule has 0 N–H and O–H groups in total. The van der Waals surface area contributed by atoms with E-state index in [1.807, 2.05) is 0 Å².